The van der Waals surface area contributed by atoms with Gasteiger partial charge in [0.2, 0.25) is 0 Å². The SMILES string of the molecule is Cc1cccc(NC(=O)NC2CCCC2(C)C)c1C(=O)O. The number of nitrogens with one attached hydrogen (secondary N) is 2. The molecular weight excluding hydrogens is 268 g/mol. The topological polar surface area (TPSA) is 78.4 Å². The van der Waals surface area contributed by atoms with E-state index in [9.17, 15) is 14.7 Å². The van der Waals surface area contributed by atoms with E-state index in [2.05, 4.69) is 24.5 Å². The Morgan fingerprint density at radius 3 is 2.62 bits per heavy atom. The molecular formula is C16H22N2O3. The van der Waals surface area contributed by atoms with Gasteiger partial charge >= 0.3 is 12.0 Å². The minimum atomic E-state index is -1.04. The number of carbonyl (C=O) groups excluding carboxylic acids is 1. The van der Waals surface area contributed by atoms with Crippen molar-refractivity contribution in [1.29, 1.82) is 0 Å². The average Bonchev–Trinajstić information content (AvgIpc) is 2.68. The van der Waals surface area contributed by atoms with Gasteiger partial charge in [-0.05, 0) is 36.8 Å². The van der Waals surface area contributed by atoms with Gasteiger partial charge in [-0.3, -0.25) is 0 Å². The zero-order valence-corrected chi connectivity index (χ0v) is 12.7. The number of aromatic carboxylic acids is 1. The van der Waals surface area contributed by atoms with Gasteiger partial charge in [0.1, 0.15) is 0 Å². The number of amides is 2. The number of hydrogen-bond donors (Lipinski definition) is 3. The van der Waals surface area contributed by atoms with Crippen LogP contribution in [-0.4, -0.2) is 23.1 Å². The molecule has 0 aromatic heterocycles. The number of rotatable bonds is 3. The summed E-state index contributed by atoms with van der Waals surface area (Å²) < 4.78 is 0. The van der Waals surface area contributed by atoms with E-state index in [0.717, 1.165) is 19.3 Å². The molecule has 0 bridgehead atoms. The largest absolute Gasteiger partial charge is 0.478 e. The fourth-order valence-corrected chi connectivity index (χ4v) is 2.97. The van der Waals surface area contributed by atoms with E-state index in [1.54, 1.807) is 25.1 Å². The van der Waals surface area contributed by atoms with Crippen LogP contribution in [0.4, 0.5) is 10.5 Å². The van der Waals surface area contributed by atoms with Crippen LogP contribution in [0.2, 0.25) is 0 Å². The standard InChI is InChI=1S/C16H22N2O3/c1-10-6-4-7-11(13(10)14(19)20)17-15(21)18-12-8-5-9-16(12,2)3/h4,6-7,12H,5,8-9H2,1-3H3,(H,19,20)(H2,17,18,21). The summed E-state index contributed by atoms with van der Waals surface area (Å²) in [6.07, 6.45) is 3.14. The molecule has 1 aliphatic carbocycles. The fraction of sp³-hybridized carbons (Fsp3) is 0.500. The first-order valence-corrected chi connectivity index (χ1v) is 7.22. The van der Waals surface area contributed by atoms with Gasteiger partial charge in [-0.2, -0.15) is 0 Å². The highest BCUT2D eigenvalue weighted by Gasteiger charge is 2.35. The monoisotopic (exact) mass is 290 g/mol. The summed E-state index contributed by atoms with van der Waals surface area (Å²) in [7, 11) is 0. The fourth-order valence-electron chi connectivity index (χ4n) is 2.97. The summed E-state index contributed by atoms with van der Waals surface area (Å²) in [4.78, 5) is 23.4. The number of anilines is 1. The van der Waals surface area contributed by atoms with Crippen molar-refractivity contribution in [3.63, 3.8) is 0 Å². The lowest BCUT2D eigenvalue weighted by molar-refractivity contribution is 0.0697. The van der Waals surface area contributed by atoms with Gasteiger partial charge in [0.25, 0.3) is 0 Å². The van der Waals surface area contributed by atoms with Gasteiger partial charge in [0.15, 0.2) is 0 Å². The van der Waals surface area contributed by atoms with Crippen molar-refractivity contribution in [2.24, 2.45) is 5.41 Å². The molecule has 1 aromatic carbocycles. The molecule has 1 saturated carbocycles. The summed E-state index contributed by atoms with van der Waals surface area (Å²) in [6, 6.07) is 4.83. The zero-order chi connectivity index (χ0) is 15.6. The molecule has 2 rings (SSSR count). The van der Waals surface area contributed by atoms with Gasteiger partial charge in [-0.25, -0.2) is 9.59 Å². The molecule has 0 radical (unpaired) electrons. The lowest BCUT2D eigenvalue weighted by Crippen LogP contribution is -2.43. The number of hydrogen-bond acceptors (Lipinski definition) is 2. The maximum Gasteiger partial charge on any atom is 0.338 e. The summed E-state index contributed by atoms with van der Waals surface area (Å²) in [5.74, 6) is -1.04. The second-order valence-electron chi connectivity index (χ2n) is 6.33. The van der Waals surface area contributed by atoms with Crippen molar-refractivity contribution in [2.45, 2.75) is 46.1 Å². The van der Waals surface area contributed by atoms with Crippen molar-refractivity contribution < 1.29 is 14.7 Å². The first-order chi connectivity index (χ1) is 9.81. The first-order valence-electron chi connectivity index (χ1n) is 7.22. The predicted molar refractivity (Wildman–Crippen MR) is 81.7 cm³/mol. The lowest BCUT2D eigenvalue weighted by atomic mass is 9.87. The molecule has 3 N–H and O–H groups in total. The third-order valence-corrected chi connectivity index (χ3v) is 4.30. The van der Waals surface area contributed by atoms with Crippen molar-refractivity contribution in [2.75, 3.05) is 5.32 Å². The minimum Gasteiger partial charge on any atom is -0.478 e. The molecule has 114 valence electrons. The number of carboxylic acids is 1. The van der Waals surface area contributed by atoms with Crippen molar-refractivity contribution in [3.05, 3.63) is 29.3 Å². The molecule has 0 saturated heterocycles. The highest BCUT2D eigenvalue weighted by Crippen LogP contribution is 2.37. The third-order valence-electron chi connectivity index (χ3n) is 4.30. The molecule has 2 amide bonds. The molecule has 0 spiro atoms. The Morgan fingerprint density at radius 2 is 2.05 bits per heavy atom. The van der Waals surface area contributed by atoms with Gasteiger partial charge in [0.05, 0.1) is 11.3 Å². The zero-order valence-electron chi connectivity index (χ0n) is 12.7. The quantitative estimate of drug-likeness (QED) is 0.798. The van der Waals surface area contributed by atoms with Crippen LogP contribution in [0.1, 0.15) is 49.0 Å². The van der Waals surface area contributed by atoms with Crippen molar-refractivity contribution in [1.82, 2.24) is 5.32 Å². The van der Waals surface area contributed by atoms with Gasteiger partial charge in [-0.1, -0.05) is 32.4 Å². The van der Waals surface area contributed by atoms with Crippen LogP contribution in [-0.2, 0) is 0 Å². The van der Waals surface area contributed by atoms with Gasteiger partial charge in [0, 0.05) is 6.04 Å². The molecule has 1 fully saturated rings. The number of carboxylic acid groups (broad SMARTS) is 1. The summed E-state index contributed by atoms with van der Waals surface area (Å²) >= 11 is 0. The van der Waals surface area contributed by atoms with Crippen molar-refractivity contribution in [3.8, 4) is 0 Å². The van der Waals surface area contributed by atoms with E-state index in [1.165, 1.54) is 0 Å². The Morgan fingerprint density at radius 1 is 1.33 bits per heavy atom. The Hall–Kier alpha value is -2.04. The van der Waals surface area contributed by atoms with E-state index in [1.807, 2.05) is 0 Å². The average molecular weight is 290 g/mol. The van der Waals surface area contributed by atoms with E-state index >= 15 is 0 Å². The number of carbonyl (C=O) groups is 2. The molecule has 5 nitrogen and oxygen atoms in total. The molecule has 1 aliphatic rings. The van der Waals surface area contributed by atoms with Crippen LogP contribution < -0.4 is 10.6 Å². The van der Waals surface area contributed by atoms with Crippen LogP contribution in [0, 0.1) is 12.3 Å². The van der Waals surface area contributed by atoms with E-state index in [4.69, 9.17) is 0 Å². The first kappa shape index (κ1) is 15.4. The van der Waals surface area contributed by atoms with Gasteiger partial charge in [-0.15, -0.1) is 0 Å². The molecule has 0 heterocycles. The molecule has 1 aromatic rings. The maximum absolute atomic E-state index is 12.1. The predicted octanol–water partition coefficient (Wildman–Crippen LogP) is 3.39. The Bertz CT molecular complexity index is 567. The summed E-state index contributed by atoms with van der Waals surface area (Å²) in [6.45, 7) is 5.99. The number of urea groups is 1. The van der Waals surface area contributed by atoms with E-state index in [0.29, 0.717) is 11.3 Å². The van der Waals surface area contributed by atoms with E-state index < -0.39 is 5.97 Å². The van der Waals surface area contributed by atoms with Crippen molar-refractivity contribution >= 4 is 17.7 Å². The van der Waals surface area contributed by atoms with Crippen LogP contribution in [0.15, 0.2) is 18.2 Å². The van der Waals surface area contributed by atoms with Crippen LogP contribution in [0.25, 0.3) is 0 Å². The van der Waals surface area contributed by atoms with Crippen LogP contribution in [0.5, 0.6) is 0 Å². The van der Waals surface area contributed by atoms with Crippen LogP contribution in [0.3, 0.4) is 0 Å². The highest BCUT2D eigenvalue weighted by molar-refractivity contribution is 6.01. The highest BCUT2D eigenvalue weighted by atomic mass is 16.4. The summed E-state index contributed by atoms with van der Waals surface area (Å²) in [5.41, 5.74) is 1.18. The van der Waals surface area contributed by atoms with Gasteiger partial charge < -0.3 is 15.7 Å². The molecule has 5 heteroatoms. The molecule has 0 aliphatic heterocycles. The molecule has 1 atom stereocenters. The molecule has 21 heavy (non-hydrogen) atoms. The summed E-state index contributed by atoms with van der Waals surface area (Å²) in [5, 5.41) is 14.9. The normalized spacial score (nSPS) is 20.0. The van der Waals surface area contributed by atoms with Crippen LogP contribution >= 0.6 is 0 Å². The number of aryl methyl sites for hydroxylation is 1. The Kier molecular flexibility index (Phi) is 4.21. The van der Waals surface area contributed by atoms with E-state index in [-0.39, 0.29) is 23.1 Å². The second-order valence-corrected chi connectivity index (χ2v) is 6.33. The Labute approximate surface area is 124 Å². The Balaban J connectivity index is 2.10. The number of benzene rings is 1. The molecule has 1 unspecified atom stereocenters. The maximum atomic E-state index is 12.1. The smallest absolute Gasteiger partial charge is 0.338 e. The lowest BCUT2D eigenvalue weighted by Gasteiger charge is -2.28. The second kappa shape index (κ2) is 5.76. The third kappa shape index (κ3) is 3.35. The minimum absolute atomic E-state index is 0.0829.